The molecule has 0 amide bonds. The molecule has 4 heteroatoms. The van der Waals surface area contributed by atoms with Crippen molar-refractivity contribution in [2.75, 3.05) is 6.54 Å². The first-order chi connectivity index (χ1) is 8.07. The van der Waals surface area contributed by atoms with E-state index in [-0.39, 0.29) is 5.56 Å². The molecular formula is C13H17F2NO. The molecule has 0 aliphatic heterocycles. The highest BCUT2D eigenvalue weighted by Crippen LogP contribution is 2.46. The third-order valence-corrected chi connectivity index (χ3v) is 3.79. The summed E-state index contributed by atoms with van der Waals surface area (Å²) in [6.45, 7) is 0.340. The Hall–Kier alpha value is -1.00. The van der Waals surface area contributed by atoms with Crippen LogP contribution in [0.3, 0.4) is 0 Å². The molecule has 0 heterocycles. The molecule has 0 bridgehead atoms. The summed E-state index contributed by atoms with van der Waals surface area (Å²) >= 11 is 0. The smallest absolute Gasteiger partial charge is 0.126 e. The molecule has 1 unspecified atom stereocenters. The van der Waals surface area contributed by atoms with E-state index in [1.165, 1.54) is 12.1 Å². The van der Waals surface area contributed by atoms with Crippen LogP contribution in [-0.4, -0.2) is 11.7 Å². The highest BCUT2D eigenvalue weighted by molar-refractivity contribution is 5.22. The van der Waals surface area contributed by atoms with Gasteiger partial charge < -0.3 is 10.8 Å². The molecule has 2 rings (SSSR count). The van der Waals surface area contributed by atoms with E-state index in [4.69, 9.17) is 5.73 Å². The average molecular weight is 241 g/mol. The van der Waals surface area contributed by atoms with Gasteiger partial charge in [-0.15, -0.1) is 0 Å². The van der Waals surface area contributed by atoms with Crippen LogP contribution in [-0.2, 0) is 0 Å². The van der Waals surface area contributed by atoms with E-state index in [2.05, 4.69) is 0 Å². The van der Waals surface area contributed by atoms with Crippen LogP contribution in [0.15, 0.2) is 18.2 Å². The van der Waals surface area contributed by atoms with Gasteiger partial charge in [-0.05, 0) is 30.5 Å². The van der Waals surface area contributed by atoms with Crippen LogP contribution in [0.4, 0.5) is 8.78 Å². The molecule has 0 saturated heterocycles. The van der Waals surface area contributed by atoms with Crippen molar-refractivity contribution in [3.8, 4) is 0 Å². The van der Waals surface area contributed by atoms with E-state index >= 15 is 0 Å². The van der Waals surface area contributed by atoms with E-state index in [0.717, 1.165) is 31.7 Å². The van der Waals surface area contributed by atoms with Gasteiger partial charge in [-0.3, -0.25) is 0 Å². The quantitative estimate of drug-likeness (QED) is 0.854. The molecule has 1 atom stereocenters. The molecule has 0 radical (unpaired) electrons. The molecule has 94 valence electrons. The predicted octanol–water partition coefficient (Wildman–Crippen LogP) is 2.52. The van der Waals surface area contributed by atoms with Crippen molar-refractivity contribution in [1.29, 1.82) is 0 Å². The summed E-state index contributed by atoms with van der Waals surface area (Å²) in [6.07, 6.45) is 2.74. The molecular weight excluding hydrogens is 224 g/mol. The average Bonchev–Trinajstić information content (AvgIpc) is 2.76. The molecule has 1 aliphatic carbocycles. The van der Waals surface area contributed by atoms with E-state index in [1.54, 1.807) is 0 Å². The summed E-state index contributed by atoms with van der Waals surface area (Å²) in [6, 6.07) is 3.17. The number of aliphatic hydroxyl groups is 1. The van der Waals surface area contributed by atoms with Gasteiger partial charge in [0.15, 0.2) is 0 Å². The monoisotopic (exact) mass is 241 g/mol. The minimum Gasteiger partial charge on any atom is -0.388 e. The van der Waals surface area contributed by atoms with Crippen molar-refractivity contribution in [2.24, 2.45) is 11.1 Å². The minimum atomic E-state index is -0.889. The molecule has 3 N–H and O–H groups in total. The molecule has 1 aromatic rings. The van der Waals surface area contributed by atoms with Crippen LogP contribution in [0.5, 0.6) is 0 Å². The predicted molar refractivity (Wildman–Crippen MR) is 61.3 cm³/mol. The van der Waals surface area contributed by atoms with Crippen molar-refractivity contribution in [1.82, 2.24) is 0 Å². The van der Waals surface area contributed by atoms with Gasteiger partial charge in [-0.25, -0.2) is 8.78 Å². The van der Waals surface area contributed by atoms with Gasteiger partial charge in [0.1, 0.15) is 11.6 Å². The molecule has 2 nitrogen and oxygen atoms in total. The topological polar surface area (TPSA) is 46.2 Å². The number of hydrogen-bond acceptors (Lipinski definition) is 2. The van der Waals surface area contributed by atoms with Crippen LogP contribution in [0.1, 0.15) is 37.4 Å². The van der Waals surface area contributed by atoms with Crippen LogP contribution in [0, 0.1) is 17.0 Å². The third kappa shape index (κ3) is 2.33. The van der Waals surface area contributed by atoms with Crippen molar-refractivity contribution >= 4 is 0 Å². The van der Waals surface area contributed by atoms with E-state index in [9.17, 15) is 13.9 Å². The Morgan fingerprint density at radius 1 is 1.18 bits per heavy atom. The van der Waals surface area contributed by atoms with Gasteiger partial charge in [-0.1, -0.05) is 12.8 Å². The van der Waals surface area contributed by atoms with Crippen molar-refractivity contribution in [2.45, 2.75) is 31.8 Å². The van der Waals surface area contributed by atoms with E-state index < -0.39 is 23.2 Å². The van der Waals surface area contributed by atoms with Gasteiger partial charge >= 0.3 is 0 Å². The van der Waals surface area contributed by atoms with E-state index in [1.807, 2.05) is 0 Å². The fraction of sp³-hybridized carbons (Fsp3) is 0.538. The molecule has 0 aromatic heterocycles. The second-order valence-electron chi connectivity index (χ2n) is 4.88. The molecule has 1 fully saturated rings. The number of benzene rings is 1. The third-order valence-electron chi connectivity index (χ3n) is 3.79. The Morgan fingerprint density at radius 2 is 1.71 bits per heavy atom. The number of aliphatic hydroxyl groups excluding tert-OH is 1. The lowest BCUT2D eigenvalue weighted by Crippen LogP contribution is -2.34. The number of halogens is 2. The number of nitrogens with two attached hydrogens (primary N) is 1. The highest BCUT2D eigenvalue weighted by atomic mass is 19.1. The van der Waals surface area contributed by atoms with Crippen LogP contribution < -0.4 is 5.73 Å². The number of rotatable bonds is 3. The Bertz CT molecular complexity index is 382. The Labute approximate surface area is 99.4 Å². The summed E-state index contributed by atoms with van der Waals surface area (Å²) in [7, 11) is 0. The van der Waals surface area contributed by atoms with E-state index in [0.29, 0.717) is 6.54 Å². The molecule has 1 aliphatic rings. The standard InChI is InChI=1S/C13H17F2NO/c14-10-5-9(6-11(15)7-10)12(17)13(8-16)3-1-2-4-13/h5-7,12,17H,1-4,8,16H2. The Kier molecular flexibility index (Phi) is 3.45. The Morgan fingerprint density at radius 3 is 2.18 bits per heavy atom. The number of hydrogen-bond donors (Lipinski definition) is 2. The van der Waals surface area contributed by atoms with Gasteiger partial charge in [0.25, 0.3) is 0 Å². The summed E-state index contributed by atoms with van der Waals surface area (Å²) in [5, 5.41) is 10.3. The first-order valence-electron chi connectivity index (χ1n) is 5.91. The second kappa shape index (κ2) is 4.70. The lowest BCUT2D eigenvalue weighted by Gasteiger charge is -2.33. The molecule has 1 saturated carbocycles. The van der Waals surface area contributed by atoms with Gasteiger partial charge in [0, 0.05) is 18.0 Å². The van der Waals surface area contributed by atoms with Crippen LogP contribution in [0.25, 0.3) is 0 Å². The van der Waals surface area contributed by atoms with Gasteiger partial charge in [0.05, 0.1) is 6.10 Å². The van der Waals surface area contributed by atoms with Crippen molar-refractivity contribution in [3.05, 3.63) is 35.4 Å². The van der Waals surface area contributed by atoms with Crippen molar-refractivity contribution < 1.29 is 13.9 Å². The first-order valence-corrected chi connectivity index (χ1v) is 5.91. The maximum atomic E-state index is 13.1. The summed E-state index contributed by atoms with van der Waals surface area (Å²) < 4.78 is 26.2. The molecule has 1 aromatic carbocycles. The summed E-state index contributed by atoms with van der Waals surface area (Å²) in [4.78, 5) is 0. The largest absolute Gasteiger partial charge is 0.388 e. The SMILES string of the molecule is NCC1(C(O)c2cc(F)cc(F)c2)CCCC1. The zero-order valence-corrected chi connectivity index (χ0v) is 9.63. The lowest BCUT2D eigenvalue weighted by atomic mass is 9.77. The van der Waals surface area contributed by atoms with Crippen LogP contribution in [0.2, 0.25) is 0 Å². The summed E-state index contributed by atoms with van der Waals surface area (Å²) in [5.41, 5.74) is 5.61. The van der Waals surface area contributed by atoms with Crippen molar-refractivity contribution in [3.63, 3.8) is 0 Å². The molecule has 0 spiro atoms. The maximum absolute atomic E-state index is 13.1. The van der Waals surface area contributed by atoms with Gasteiger partial charge in [0.2, 0.25) is 0 Å². The first kappa shape index (κ1) is 12.5. The Balaban J connectivity index is 2.32. The highest BCUT2D eigenvalue weighted by Gasteiger charge is 2.40. The normalized spacial score (nSPS) is 20.5. The lowest BCUT2D eigenvalue weighted by molar-refractivity contribution is 0.0329. The second-order valence-corrected chi connectivity index (χ2v) is 4.88. The fourth-order valence-electron chi connectivity index (χ4n) is 2.75. The minimum absolute atomic E-state index is 0.287. The zero-order chi connectivity index (χ0) is 12.5. The fourth-order valence-corrected chi connectivity index (χ4v) is 2.75. The zero-order valence-electron chi connectivity index (χ0n) is 9.63. The van der Waals surface area contributed by atoms with Gasteiger partial charge in [-0.2, -0.15) is 0 Å². The molecule has 17 heavy (non-hydrogen) atoms. The summed E-state index contributed by atoms with van der Waals surface area (Å²) in [5.74, 6) is -1.33. The maximum Gasteiger partial charge on any atom is 0.126 e. The van der Waals surface area contributed by atoms with Crippen LogP contribution >= 0.6 is 0 Å².